The average molecular weight is 680 g/mol. The topological polar surface area (TPSA) is 111 Å². The molecule has 5 aromatic carbocycles. The van der Waals surface area contributed by atoms with Crippen LogP contribution in [0, 0.1) is 5.92 Å². The Morgan fingerprint density at radius 1 is 0.804 bits per heavy atom. The SMILES string of the molecule is C[C@@H](/C=C/CC(=O)N(CCO)Cc1ccccc1)[C@]1(O)C(=O)N(c2ccccc2)c2ccc(N3C(=O)c4ccccc4Oc4ccccc43)cc21. The molecule has 0 fully saturated rings. The molecule has 0 unspecified atom stereocenters. The van der Waals surface area contributed by atoms with Gasteiger partial charge in [0.2, 0.25) is 5.91 Å². The zero-order chi connectivity index (χ0) is 35.5. The lowest BCUT2D eigenvalue weighted by Gasteiger charge is -2.28. The Kier molecular flexibility index (Phi) is 9.23. The van der Waals surface area contributed by atoms with Gasteiger partial charge in [0, 0.05) is 42.4 Å². The number of amides is 3. The van der Waals surface area contributed by atoms with E-state index in [2.05, 4.69) is 0 Å². The molecule has 0 aliphatic carbocycles. The number of aliphatic hydroxyl groups excluding tert-OH is 1. The summed E-state index contributed by atoms with van der Waals surface area (Å²) in [7, 11) is 0. The number of para-hydroxylation sites is 4. The molecular weight excluding hydrogens is 642 g/mol. The molecule has 2 aliphatic heterocycles. The summed E-state index contributed by atoms with van der Waals surface area (Å²) in [5.74, 6) is -0.941. The predicted octanol–water partition coefficient (Wildman–Crippen LogP) is 7.24. The van der Waals surface area contributed by atoms with Gasteiger partial charge in [0.25, 0.3) is 11.8 Å². The number of fused-ring (bicyclic) bond motifs is 3. The van der Waals surface area contributed by atoms with Crippen LogP contribution in [-0.4, -0.2) is 46.0 Å². The van der Waals surface area contributed by atoms with Gasteiger partial charge in [0.15, 0.2) is 11.4 Å². The third-order valence-corrected chi connectivity index (χ3v) is 9.40. The second kappa shape index (κ2) is 14.1. The number of nitrogens with zero attached hydrogens (tertiary/aromatic N) is 3. The van der Waals surface area contributed by atoms with Crippen molar-refractivity contribution in [2.24, 2.45) is 5.92 Å². The third-order valence-electron chi connectivity index (χ3n) is 9.40. The van der Waals surface area contributed by atoms with Gasteiger partial charge in [-0.25, -0.2) is 0 Å². The van der Waals surface area contributed by atoms with E-state index in [0.29, 0.717) is 51.9 Å². The van der Waals surface area contributed by atoms with Crippen LogP contribution in [0.2, 0.25) is 0 Å². The fourth-order valence-corrected chi connectivity index (χ4v) is 6.75. The van der Waals surface area contributed by atoms with Crippen molar-refractivity contribution in [3.05, 3.63) is 156 Å². The number of carbonyl (C=O) groups is 3. The first-order chi connectivity index (χ1) is 24.8. The number of anilines is 4. The van der Waals surface area contributed by atoms with Crippen molar-refractivity contribution < 1.29 is 29.3 Å². The quantitative estimate of drug-likeness (QED) is 0.151. The number of aliphatic hydroxyl groups is 2. The smallest absolute Gasteiger partial charge is 0.268 e. The Labute approximate surface area is 296 Å². The van der Waals surface area contributed by atoms with Gasteiger partial charge in [0.05, 0.1) is 23.5 Å². The van der Waals surface area contributed by atoms with E-state index in [1.165, 1.54) is 4.90 Å². The number of hydrogen-bond donors (Lipinski definition) is 2. The van der Waals surface area contributed by atoms with Crippen LogP contribution in [0.25, 0.3) is 0 Å². The molecule has 256 valence electrons. The third kappa shape index (κ3) is 6.18. The highest BCUT2D eigenvalue weighted by Gasteiger charge is 2.53. The van der Waals surface area contributed by atoms with Crippen LogP contribution < -0.4 is 14.5 Å². The van der Waals surface area contributed by atoms with Crippen LogP contribution >= 0.6 is 0 Å². The number of rotatable bonds is 10. The minimum Gasteiger partial charge on any atom is -0.454 e. The number of ether oxygens (including phenoxy) is 1. The van der Waals surface area contributed by atoms with E-state index in [1.54, 1.807) is 95.6 Å². The van der Waals surface area contributed by atoms with Crippen molar-refractivity contribution in [1.82, 2.24) is 4.90 Å². The maximum absolute atomic E-state index is 14.4. The molecule has 9 nitrogen and oxygen atoms in total. The molecule has 0 bridgehead atoms. The molecule has 3 amide bonds. The van der Waals surface area contributed by atoms with Crippen molar-refractivity contribution in [3.63, 3.8) is 0 Å². The van der Waals surface area contributed by atoms with Crippen LogP contribution in [0.4, 0.5) is 22.7 Å². The van der Waals surface area contributed by atoms with E-state index in [0.717, 1.165) is 5.56 Å². The Balaban J connectivity index is 1.25. The maximum Gasteiger partial charge on any atom is 0.268 e. The molecule has 5 aromatic rings. The van der Waals surface area contributed by atoms with E-state index < -0.39 is 17.4 Å². The second-order valence-electron chi connectivity index (χ2n) is 12.6. The number of hydrogen-bond acceptors (Lipinski definition) is 6. The van der Waals surface area contributed by atoms with Gasteiger partial charge in [-0.15, -0.1) is 0 Å². The summed E-state index contributed by atoms with van der Waals surface area (Å²) in [4.78, 5) is 46.5. The van der Waals surface area contributed by atoms with Crippen LogP contribution in [0.3, 0.4) is 0 Å². The zero-order valence-electron chi connectivity index (χ0n) is 28.1. The second-order valence-corrected chi connectivity index (χ2v) is 12.6. The van der Waals surface area contributed by atoms with Crippen molar-refractivity contribution >= 4 is 40.5 Å². The molecule has 51 heavy (non-hydrogen) atoms. The molecule has 0 saturated heterocycles. The zero-order valence-corrected chi connectivity index (χ0v) is 28.1. The van der Waals surface area contributed by atoms with Crippen LogP contribution in [0.15, 0.2) is 140 Å². The number of benzene rings is 5. The van der Waals surface area contributed by atoms with Crippen LogP contribution in [0.5, 0.6) is 11.5 Å². The van der Waals surface area contributed by atoms with Crippen molar-refractivity contribution in [2.75, 3.05) is 23.0 Å². The monoisotopic (exact) mass is 679 g/mol. The highest BCUT2D eigenvalue weighted by Crippen LogP contribution is 2.51. The Hall–Kier alpha value is -6.03. The first-order valence-electron chi connectivity index (χ1n) is 16.9. The summed E-state index contributed by atoms with van der Waals surface area (Å²) in [6, 6.07) is 38.1. The van der Waals surface area contributed by atoms with E-state index in [9.17, 15) is 24.6 Å². The molecular formula is C42H37N3O6. The molecule has 2 N–H and O–H groups in total. The minimum absolute atomic E-state index is 0.00914. The van der Waals surface area contributed by atoms with E-state index >= 15 is 0 Å². The molecule has 2 aliphatic rings. The molecule has 2 atom stereocenters. The van der Waals surface area contributed by atoms with Crippen LogP contribution in [-0.2, 0) is 21.7 Å². The van der Waals surface area contributed by atoms with E-state index in [-0.39, 0.29) is 31.4 Å². The van der Waals surface area contributed by atoms with Crippen molar-refractivity contribution in [1.29, 1.82) is 0 Å². The standard InChI is InChI=1S/C42H37N3O6/c1-29(13-12-22-39(47)43(25-26-46)28-30-14-4-2-5-15-30)42(50)34-27-32(23-24-35(34)45(41(42)49)31-16-6-3-7-17-31)44-36-19-9-11-21-38(36)51-37-20-10-8-18-33(37)40(44)48/h2-21,23-24,27,29,46,50H,22,25-26,28H2,1H3/b13-12+/t29-,42+/m0/s1. The molecule has 2 heterocycles. The fraction of sp³-hybridized carbons (Fsp3) is 0.167. The molecule has 0 spiro atoms. The summed E-state index contributed by atoms with van der Waals surface area (Å²) < 4.78 is 6.19. The van der Waals surface area contributed by atoms with Crippen molar-refractivity contribution in [3.8, 4) is 11.5 Å². The fourth-order valence-electron chi connectivity index (χ4n) is 6.75. The highest BCUT2D eigenvalue weighted by molar-refractivity contribution is 6.16. The molecule has 0 saturated carbocycles. The summed E-state index contributed by atoms with van der Waals surface area (Å²) in [5, 5.41) is 22.2. The summed E-state index contributed by atoms with van der Waals surface area (Å²) in [6.07, 6.45) is 3.34. The predicted molar refractivity (Wildman–Crippen MR) is 195 cm³/mol. The van der Waals surface area contributed by atoms with E-state index in [1.807, 2.05) is 60.7 Å². The normalized spacial score (nSPS) is 17.0. The van der Waals surface area contributed by atoms with Gasteiger partial charge >= 0.3 is 0 Å². The molecule has 0 aromatic heterocycles. The van der Waals surface area contributed by atoms with E-state index in [4.69, 9.17) is 4.74 Å². The first-order valence-corrected chi connectivity index (χ1v) is 16.9. The summed E-state index contributed by atoms with van der Waals surface area (Å²) >= 11 is 0. The molecule has 9 heteroatoms. The lowest BCUT2D eigenvalue weighted by Crippen LogP contribution is -2.42. The molecule has 7 rings (SSSR count). The van der Waals surface area contributed by atoms with Crippen molar-refractivity contribution in [2.45, 2.75) is 25.5 Å². The summed E-state index contributed by atoms with van der Waals surface area (Å²) in [6.45, 7) is 2.08. The first kappa shape index (κ1) is 33.5. The highest BCUT2D eigenvalue weighted by atomic mass is 16.5. The van der Waals surface area contributed by atoms with Gasteiger partial charge in [-0.3, -0.25) is 24.2 Å². The lowest BCUT2D eigenvalue weighted by atomic mass is 9.82. The minimum atomic E-state index is -2.04. The Morgan fingerprint density at radius 2 is 1.47 bits per heavy atom. The van der Waals surface area contributed by atoms with Gasteiger partial charge in [-0.2, -0.15) is 0 Å². The Morgan fingerprint density at radius 3 is 2.22 bits per heavy atom. The molecule has 0 radical (unpaired) electrons. The van der Waals surface area contributed by atoms with Crippen LogP contribution in [0.1, 0.15) is 34.8 Å². The van der Waals surface area contributed by atoms with Gasteiger partial charge in [-0.1, -0.05) is 91.9 Å². The largest absolute Gasteiger partial charge is 0.454 e. The van der Waals surface area contributed by atoms with Gasteiger partial charge in [0.1, 0.15) is 5.75 Å². The number of carbonyl (C=O) groups excluding carboxylic acids is 3. The summed E-state index contributed by atoms with van der Waals surface area (Å²) in [5.41, 5.74) is 1.62. The van der Waals surface area contributed by atoms with Gasteiger partial charge in [-0.05, 0) is 60.2 Å². The maximum atomic E-state index is 14.4. The van der Waals surface area contributed by atoms with Gasteiger partial charge < -0.3 is 19.8 Å². The Bertz CT molecular complexity index is 2120. The average Bonchev–Trinajstić information content (AvgIpc) is 3.30. The lowest BCUT2D eigenvalue weighted by molar-refractivity contribution is -0.138.